The van der Waals surface area contributed by atoms with E-state index in [0.717, 1.165) is 5.56 Å². The summed E-state index contributed by atoms with van der Waals surface area (Å²) in [5.41, 5.74) is 2.68. The molecule has 0 aliphatic rings. The number of nitrogens with one attached hydrogen (secondary N) is 3. The summed E-state index contributed by atoms with van der Waals surface area (Å²) in [4.78, 5) is 24.7. The maximum absolute atomic E-state index is 12.5. The highest BCUT2D eigenvalue weighted by Crippen LogP contribution is 2.22. The number of amides is 3. The summed E-state index contributed by atoms with van der Waals surface area (Å²) < 4.78 is 5.65. The second-order valence-electron chi connectivity index (χ2n) is 6.68. The fourth-order valence-corrected chi connectivity index (χ4v) is 2.78. The molecule has 0 heterocycles. The van der Waals surface area contributed by atoms with E-state index in [1.165, 1.54) is 0 Å². The minimum absolute atomic E-state index is 0.307. The van der Waals surface area contributed by atoms with Gasteiger partial charge in [-0.25, -0.2) is 4.79 Å². The van der Waals surface area contributed by atoms with E-state index in [1.807, 2.05) is 31.2 Å². The number of halogens is 1. The van der Waals surface area contributed by atoms with Crippen LogP contribution in [0.3, 0.4) is 0 Å². The molecule has 154 valence electrons. The third-order valence-electron chi connectivity index (χ3n) is 4.28. The molecule has 0 aliphatic carbocycles. The van der Waals surface area contributed by atoms with Crippen molar-refractivity contribution >= 4 is 40.6 Å². The highest BCUT2D eigenvalue weighted by molar-refractivity contribution is 6.30. The Hall–Kier alpha value is -3.51. The molecule has 6 nitrogen and oxygen atoms in total. The summed E-state index contributed by atoms with van der Waals surface area (Å²) in [6.45, 7) is 3.53. The van der Waals surface area contributed by atoms with Crippen molar-refractivity contribution in [2.45, 2.75) is 20.0 Å². The van der Waals surface area contributed by atoms with Gasteiger partial charge in [-0.15, -0.1) is 0 Å². The Morgan fingerprint density at radius 1 is 0.867 bits per heavy atom. The van der Waals surface area contributed by atoms with Crippen LogP contribution < -0.4 is 20.7 Å². The standard InChI is InChI=1S/C23H22ClN3O3/c1-15-8-11-19(26-23(29)25-18-6-4-3-5-7-18)14-21(15)27-22(28)16(2)30-20-12-9-17(24)10-13-20/h3-14,16H,1-2H3,(H,27,28)(H2,25,26,29). The maximum Gasteiger partial charge on any atom is 0.323 e. The molecule has 30 heavy (non-hydrogen) atoms. The van der Waals surface area contributed by atoms with Crippen molar-refractivity contribution in [3.8, 4) is 5.75 Å². The second-order valence-corrected chi connectivity index (χ2v) is 7.11. The maximum atomic E-state index is 12.5. The average molecular weight is 424 g/mol. The predicted molar refractivity (Wildman–Crippen MR) is 120 cm³/mol. The second kappa shape index (κ2) is 9.80. The lowest BCUT2D eigenvalue weighted by Crippen LogP contribution is -2.30. The highest BCUT2D eigenvalue weighted by Gasteiger charge is 2.16. The molecule has 3 rings (SSSR count). The summed E-state index contributed by atoms with van der Waals surface area (Å²) >= 11 is 5.86. The van der Waals surface area contributed by atoms with E-state index in [4.69, 9.17) is 16.3 Å². The molecule has 0 saturated heterocycles. The molecule has 3 aromatic rings. The van der Waals surface area contributed by atoms with Gasteiger partial charge in [-0.1, -0.05) is 35.9 Å². The smallest absolute Gasteiger partial charge is 0.323 e. The van der Waals surface area contributed by atoms with E-state index in [9.17, 15) is 9.59 Å². The summed E-state index contributed by atoms with van der Waals surface area (Å²) in [6, 6.07) is 20.8. The molecule has 0 aliphatic heterocycles. The molecule has 0 radical (unpaired) electrons. The SMILES string of the molecule is Cc1ccc(NC(=O)Nc2ccccc2)cc1NC(=O)C(C)Oc1ccc(Cl)cc1. The zero-order valence-corrected chi connectivity index (χ0v) is 17.4. The lowest BCUT2D eigenvalue weighted by molar-refractivity contribution is -0.122. The predicted octanol–water partition coefficient (Wildman–Crippen LogP) is 5.70. The summed E-state index contributed by atoms with van der Waals surface area (Å²) in [7, 11) is 0. The first-order valence-corrected chi connectivity index (χ1v) is 9.75. The first-order valence-electron chi connectivity index (χ1n) is 9.37. The van der Waals surface area contributed by atoms with Crippen LogP contribution in [0.25, 0.3) is 0 Å². The van der Waals surface area contributed by atoms with Gasteiger partial charge in [-0.2, -0.15) is 0 Å². The fourth-order valence-electron chi connectivity index (χ4n) is 2.65. The minimum Gasteiger partial charge on any atom is -0.481 e. The van der Waals surface area contributed by atoms with Gasteiger partial charge in [-0.05, 0) is 67.9 Å². The molecule has 1 atom stereocenters. The zero-order chi connectivity index (χ0) is 21.5. The van der Waals surface area contributed by atoms with Gasteiger partial charge in [0.1, 0.15) is 5.75 Å². The Kier molecular flexibility index (Phi) is 6.93. The Balaban J connectivity index is 1.62. The average Bonchev–Trinajstić information content (AvgIpc) is 2.72. The van der Waals surface area contributed by atoms with Crippen LogP contribution in [0.15, 0.2) is 72.8 Å². The van der Waals surface area contributed by atoms with Gasteiger partial charge in [-0.3, -0.25) is 4.79 Å². The Morgan fingerprint density at radius 2 is 1.53 bits per heavy atom. The third-order valence-corrected chi connectivity index (χ3v) is 4.53. The van der Waals surface area contributed by atoms with E-state index in [2.05, 4.69) is 16.0 Å². The Morgan fingerprint density at radius 3 is 2.23 bits per heavy atom. The van der Waals surface area contributed by atoms with Gasteiger partial charge in [0.25, 0.3) is 5.91 Å². The molecule has 1 unspecified atom stereocenters. The first kappa shape index (κ1) is 21.2. The number of urea groups is 1. The van der Waals surface area contributed by atoms with Gasteiger partial charge in [0.15, 0.2) is 6.10 Å². The number of benzene rings is 3. The molecular formula is C23H22ClN3O3. The van der Waals surface area contributed by atoms with Gasteiger partial charge in [0.2, 0.25) is 0 Å². The minimum atomic E-state index is -0.719. The number of rotatable bonds is 6. The van der Waals surface area contributed by atoms with E-state index < -0.39 is 6.10 Å². The highest BCUT2D eigenvalue weighted by atomic mass is 35.5. The van der Waals surface area contributed by atoms with E-state index in [-0.39, 0.29) is 11.9 Å². The van der Waals surface area contributed by atoms with Crippen molar-refractivity contribution in [3.05, 3.63) is 83.4 Å². The number of anilines is 3. The van der Waals surface area contributed by atoms with Crippen LogP contribution in [0.2, 0.25) is 5.02 Å². The molecule has 7 heteroatoms. The van der Waals surface area contributed by atoms with E-state index >= 15 is 0 Å². The van der Waals surface area contributed by atoms with Crippen LogP contribution in [0.5, 0.6) is 5.75 Å². The lowest BCUT2D eigenvalue weighted by atomic mass is 10.1. The molecule has 0 bridgehead atoms. The summed E-state index contributed by atoms with van der Waals surface area (Å²) in [5, 5.41) is 8.94. The third kappa shape index (κ3) is 5.99. The van der Waals surface area contributed by atoms with E-state index in [0.29, 0.717) is 27.8 Å². The van der Waals surface area contributed by atoms with Gasteiger partial charge < -0.3 is 20.7 Å². The van der Waals surface area contributed by atoms with Crippen LogP contribution in [0.1, 0.15) is 12.5 Å². The van der Waals surface area contributed by atoms with Crippen molar-refractivity contribution in [1.29, 1.82) is 0 Å². The van der Waals surface area contributed by atoms with Crippen LogP contribution in [-0.2, 0) is 4.79 Å². The number of carbonyl (C=O) groups excluding carboxylic acids is 2. The van der Waals surface area contributed by atoms with Crippen LogP contribution in [0, 0.1) is 6.92 Å². The molecule has 0 spiro atoms. The van der Waals surface area contributed by atoms with Gasteiger partial charge in [0.05, 0.1) is 0 Å². The number of para-hydroxylation sites is 1. The monoisotopic (exact) mass is 423 g/mol. The molecular weight excluding hydrogens is 402 g/mol. The first-order chi connectivity index (χ1) is 14.4. The van der Waals surface area contributed by atoms with Crippen LogP contribution in [-0.4, -0.2) is 18.0 Å². The molecule has 0 saturated carbocycles. The van der Waals surface area contributed by atoms with Crippen molar-refractivity contribution in [3.63, 3.8) is 0 Å². The van der Waals surface area contributed by atoms with Crippen molar-refractivity contribution in [2.75, 3.05) is 16.0 Å². The fraction of sp³-hybridized carbons (Fsp3) is 0.130. The van der Waals surface area contributed by atoms with Crippen molar-refractivity contribution < 1.29 is 14.3 Å². The number of hydrogen-bond acceptors (Lipinski definition) is 3. The summed E-state index contributed by atoms with van der Waals surface area (Å²) in [5.74, 6) is 0.241. The summed E-state index contributed by atoms with van der Waals surface area (Å²) in [6.07, 6.45) is -0.719. The molecule has 3 N–H and O–H groups in total. The number of hydrogen-bond donors (Lipinski definition) is 3. The molecule has 0 aromatic heterocycles. The Bertz CT molecular complexity index is 1020. The zero-order valence-electron chi connectivity index (χ0n) is 16.6. The quantitative estimate of drug-likeness (QED) is 0.476. The number of carbonyl (C=O) groups is 2. The van der Waals surface area contributed by atoms with Gasteiger partial charge >= 0.3 is 6.03 Å². The van der Waals surface area contributed by atoms with Crippen molar-refractivity contribution in [1.82, 2.24) is 0 Å². The Labute approximate surface area is 180 Å². The van der Waals surface area contributed by atoms with Gasteiger partial charge in [0, 0.05) is 22.1 Å². The largest absolute Gasteiger partial charge is 0.481 e. The lowest BCUT2D eigenvalue weighted by Gasteiger charge is -2.17. The number of ether oxygens (including phenoxy) is 1. The van der Waals surface area contributed by atoms with Crippen LogP contribution in [0.4, 0.5) is 21.9 Å². The van der Waals surface area contributed by atoms with Crippen molar-refractivity contribution in [2.24, 2.45) is 0 Å². The molecule has 3 amide bonds. The molecule has 3 aromatic carbocycles. The number of aryl methyl sites for hydroxylation is 1. The normalized spacial score (nSPS) is 11.3. The molecule has 0 fully saturated rings. The topological polar surface area (TPSA) is 79.5 Å². The van der Waals surface area contributed by atoms with Crippen LogP contribution >= 0.6 is 11.6 Å². The van der Waals surface area contributed by atoms with E-state index in [1.54, 1.807) is 55.5 Å².